The molecule has 146 valence electrons. The zero-order chi connectivity index (χ0) is 20.4. The lowest BCUT2D eigenvalue weighted by atomic mass is 10.0. The van der Waals surface area contributed by atoms with Crippen molar-refractivity contribution in [3.63, 3.8) is 0 Å². The molecule has 6 heteroatoms. The first-order chi connectivity index (χ1) is 13.4. The van der Waals surface area contributed by atoms with E-state index >= 15 is 0 Å². The minimum atomic E-state index is -0.393. The number of imide groups is 1. The molecule has 1 heterocycles. The maximum absolute atomic E-state index is 13.3. The molecule has 0 saturated heterocycles. The number of carbonyl (C=O) groups is 2. The van der Waals surface area contributed by atoms with E-state index in [0.717, 1.165) is 11.1 Å². The van der Waals surface area contributed by atoms with Gasteiger partial charge in [0.2, 0.25) is 0 Å². The Kier molecular flexibility index (Phi) is 5.51. The molecule has 2 amide bonds. The van der Waals surface area contributed by atoms with Gasteiger partial charge in [-0.15, -0.1) is 0 Å². The van der Waals surface area contributed by atoms with Crippen LogP contribution in [0.4, 0.5) is 5.69 Å². The van der Waals surface area contributed by atoms with Crippen LogP contribution in [0.25, 0.3) is 5.57 Å². The number of methoxy groups -OCH3 is 1. The smallest absolute Gasteiger partial charge is 0.282 e. The van der Waals surface area contributed by atoms with E-state index in [2.05, 4.69) is 0 Å². The third-order valence-corrected chi connectivity index (χ3v) is 5.00. The number of rotatable bonds is 6. The first-order valence-electron chi connectivity index (χ1n) is 9.05. The van der Waals surface area contributed by atoms with Crippen molar-refractivity contribution in [2.45, 2.75) is 13.8 Å². The van der Waals surface area contributed by atoms with E-state index < -0.39 is 5.91 Å². The van der Waals surface area contributed by atoms with Crippen LogP contribution in [0, 0.1) is 13.8 Å². The van der Waals surface area contributed by atoms with Gasteiger partial charge in [0.05, 0.1) is 25.0 Å². The third-order valence-electron chi connectivity index (χ3n) is 5.00. The summed E-state index contributed by atoms with van der Waals surface area (Å²) < 4.78 is 5.19. The van der Waals surface area contributed by atoms with Crippen LogP contribution in [0.15, 0.2) is 48.2 Å². The summed E-state index contributed by atoms with van der Waals surface area (Å²) >= 11 is 0. The summed E-state index contributed by atoms with van der Waals surface area (Å²) in [4.78, 5) is 29.4. The lowest BCUT2D eigenvalue weighted by Crippen LogP contribution is -2.35. The molecule has 0 saturated carbocycles. The number of aliphatic hydroxyl groups is 1. The molecule has 0 fully saturated rings. The van der Waals surface area contributed by atoms with Gasteiger partial charge in [0.15, 0.2) is 0 Å². The van der Waals surface area contributed by atoms with Crippen LogP contribution >= 0.6 is 0 Å². The monoisotopic (exact) mass is 380 g/mol. The summed E-state index contributed by atoms with van der Waals surface area (Å²) in [6.07, 6.45) is 0. The van der Waals surface area contributed by atoms with Crippen molar-refractivity contribution in [3.8, 4) is 5.75 Å². The van der Waals surface area contributed by atoms with E-state index in [1.165, 1.54) is 4.90 Å². The Morgan fingerprint density at radius 3 is 2.25 bits per heavy atom. The number of aliphatic hydroxyl groups excluding tert-OH is 1. The zero-order valence-electron chi connectivity index (χ0n) is 16.5. The molecule has 1 aliphatic heterocycles. The minimum absolute atomic E-state index is 0.124. The first kappa shape index (κ1) is 19.6. The Morgan fingerprint density at radius 1 is 1.00 bits per heavy atom. The molecule has 1 aliphatic rings. The topological polar surface area (TPSA) is 70.1 Å². The first-order valence-corrected chi connectivity index (χ1v) is 9.05. The van der Waals surface area contributed by atoms with Crippen molar-refractivity contribution in [2.24, 2.45) is 0 Å². The van der Waals surface area contributed by atoms with E-state index in [9.17, 15) is 14.7 Å². The van der Waals surface area contributed by atoms with Crippen LogP contribution in [0.2, 0.25) is 0 Å². The fourth-order valence-corrected chi connectivity index (χ4v) is 3.25. The number of carbonyl (C=O) groups excluding carboxylic acids is 2. The molecular weight excluding hydrogens is 356 g/mol. The van der Waals surface area contributed by atoms with Crippen LogP contribution in [0.3, 0.4) is 0 Å². The van der Waals surface area contributed by atoms with Gasteiger partial charge >= 0.3 is 0 Å². The molecular formula is C22H24N2O4. The molecule has 3 rings (SSSR count). The van der Waals surface area contributed by atoms with Gasteiger partial charge in [0.1, 0.15) is 11.4 Å². The SMILES string of the molecule is COc1ccc(C2=C(N(C)CCO)C(=O)N(c3ccc(C)c(C)c3)C2=O)cc1. The van der Waals surface area contributed by atoms with Crippen molar-refractivity contribution >= 4 is 23.1 Å². The summed E-state index contributed by atoms with van der Waals surface area (Å²) in [6.45, 7) is 4.05. The number of hydrogen-bond acceptors (Lipinski definition) is 5. The number of nitrogens with zero attached hydrogens (tertiary/aromatic N) is 2. The second kappa shape index (κ2) is 7.86. The molecule has 0 spiro atoms. The lowest BCUT2D eigenvalue weighted by molar-refractivity contribution is -0.120. The Bertz CT molecular complexity index is 948. The highest BCUT2D eigenvalue weighted by atomic mass is 16.5. The van der Waals surface area contributed by atoms with Crippen LogP contribution < -0.4 is 9.64 Å². The van der Waals surface area contributed by atoms with Gasteiger partial charge in [-0.2, -0.15) is 0 Å². The number of amides is 2. The Morgan fingerprint density at radius 2 is 1.68 bits per heavy atom. The highest BCUT2D eigenvalue weighted by Gasteiger charge is 2.41. The molecule has 28 heavy (non-hydrogen) atoms. The standard InChI is InChI=1S/C22H24N2O4/c1-14-5-8-17(13-15(14)2)24-21(26)19(16-6-9-18(28-4)10-7-16)20(22(24)27)23(3)11-12-25/h5-10,13,25H,11-12H2,1-4H3. The van der Waals surface area contributed by atoms with Crippen LogP contribution in [-0.4, -0.2) is 49.1 Å². The number of hydrogen-bond donors (Lipinski definition) is 1. The molecule has 0 radical (unpaired) electrons. The fourth-order valence-electron chi connectivity index (χ4n) is 3.25. The van der Waals surface area contributed by atoms with Crippen molar-refractivity contribution in [3.05, 3.63) is 64.9 Å². The Balaban J connectivity index is 2.11. The molecule has 2 aromatic rings. The summed E-state index contributed by atoms with van der Waals surface area (Å²) in [6, 6.07) is 12.5. The summed E-state index contributed by atoms with van der Waals surface area (Å²) in [5.74, 6) is -0.106. The quantitative estimate of drug-likeness (QED) is 0.780. The van der Waals surface area contributed by atoms with Gasteiger partial charge in [-0.1, -0.05) is 18.2 Å². The van der Waals surface area contributed by atoms with Crippen LogP contribution in [0.5, 0.6) is 5.75 Å². The average Bonchev–Trinajstić information content (AvgIpc) is 2.95. The molecule has 0 unspecified atom stereocenters. The zero-order valence-corrected chi connectivity index (χ0v) is 16.5. The molecule has 0 aromatic heterocycles. The Labute approximate surface area is 164 Å². The molecule has 0 atom stereocenters. The highest BCUT2D eigenvalue weighted by molar-refractivity contribution is 6.45. The number of ether oxygens (including phenoxy) is 1. The van der Waals surface area contributed by atoms with E-state index in [1.807, 2.05) is 26.0 Å². The number of anilines is 1. The van der Waals surface area contributed by atoms with Gasteiger partial charge in [-0.3, -0.25) is 9.59 Å². The molecule has 6 nitrogen and oxygen atoms in total. The van der Waals surface area contributed by atoms with Gasteiger partial charge in [-0.25, -0.2) is 4.90 Å². The summed E-state index contributed by atoms with van der Waals surface area (Å²) in [5.41, 5.74) is 3.86. The minimum Gasteiger partial charge on any atom is -0.497 e. The molecule has 1 N–H and O–H groups in total. The number of aryl methyl sites for hydroxylation is 2. The maximum Gasteiger partial charge on any atom is 0.282 e. The van der Waals surface area contributed by atoms with Crippen molar-refractivity contribution < 1.29 is 19.4 Å². The predicted molar refractivity (Wildman–Crippen MR) is 108 cm³/mol. The fraction of sp³-hybridized carbons (Fsp3) is 0.273. The lowest BCUT2D eigenvalue weighted by Gasteiger charge is -2.20. The van der Waals surface area contributed by atoms with Crippen molar-refractivity contribution in [1.29, 1.82) is 0 Å². The second-order valence-corrected chi connectivity index (χ2v) is 6.81. The van der Waals surface area contributed by atoms with Gasteiger partial charge in [0, 0.05) is 13.6 Å². The van der Waals surface area contributed by atoms with Gasteiger partial charge in [0.25, 0.3) is 11.8 Å². The second-order valence-electron chi connectivity index (χ2n) is 6.81. The maximum atomic E-state index is 13.3. The van der Waals surface area contributed by atoms with E-state index in [4.69, 9.17) is 4.74 Å². The van der Waals surface area contributed by atoms with E-state index in [1.54, 1.807) is 49.4 Å². The number of likely N-dealkylation sites (N-methyl/N-ethyl adjacent to an activating group) is 1. The van der Waals surface area contributed by atoms with Crippen molar-refractivity contribution in [2.75, 3.05) is 32.2 Å². The average molecular weight is 380 g/mol. The highest BCUT2D eigenvalue weighted by Crippen LogP contribution is 2.35. The van der Waals surface area contributed by atoms with Gasteiger partial charge in [-0.05, 0) is 54.8 Å². The van der Waals surface area contributed by atoms with E-state index in [-0.39, 0.29) is 24.8 Å². The predicted octanol–water partition coefficient (Wildman–Crippen LogP) is 2.52. The van der Waals surface area contributed by atoms with Crippen LogP contribution in [-0.2, 0) is 9.59 Å². The summed E-state index contributed by atoms with van der Waals surface area (Å²) in [7, 11) is 3.27. The largest absolute Gasteiger partial charge is 0.497 e. The van der Waals surface area contributed by atoms with Gasteiger partial charge < -0.3 is 14.7 Å². The molecule has 0 aliphatic carbocycles. The van der Waals surface area contributed by atoms with E-state index in [0.29, 0.717) is 22.6 Å². The summed E-state index contributed by atoms with van der Waals surface area (Å²) in [5, 5.41) is 9.33. The van der Waals surface area contributed by atoms with Crippen molar-refractivity contribution in [1.82, 2.24) is 4.90 Å². The van der Waals surface area contributed by atoms with Crippen LogP contribution in [0.1, 0.15) is 16.7 Å². The number of benzene rings is 2. The normalized spacial score (nSPS) is 14.1. The molecule has 0 bridgehead atoms. The molecule has 2 aromatic carbocycles. The Hall–Kier alpha value is -3.12. The third kappa shape index (κ3) is 3.39.